The first kappa shape index (κ1) is 27.3. The van der Waals surface area contributed by atoms with E-state index in [0.717, 1.165) is 48.0 Å². The molecule has 4 aromatic rings. The summed E-state index contributed by atoms with van der Waals surface area (Å²) in [7, 11) is 3.95. The third kappa shape index (κ3) is 4.73. The summed E-state index contributed by atoms with van der Waals surface area (Å²) in [5.74, 6) is -2.31. The number of aromatic nitrogens is 3. The van der Waals surface area contributed by atoms with Crippen LogP contribution in [0.1, 0.15) is 46.5 Å². The summed E-state index contributed by atoms with van der Waals surface area (Å²) in [6.45, 7) is 5.37. The topological polar surface area (TPSA) is 57.0 Å². The van der Waals surface area contributed by atoms with Gasteiger partial charge in [0.25, 0.3) is 5.91 Å². The van der Waals surface area contributed by atoms with Crippen LogP contribution in [0, 0.1) is 17.5 Å². The molecule has 0 spiro atoms. The zero-order chi connectivity index (χ0) is 29.0. The summed E-state index contributed by atoms with van der Waals surface area (Å²) in [5.41, 5.74) is 6.56. The number of piperazine rings is 1. The van der Waals surface area contributed by atoms with Crippen molar-refractivity contribution in [3.8, 4) is 11.3 Å². The van der Waals surface area contributed by atoms with Gasteiger partial charge in [0.1, 0.15) is 17.2 Å². The van der Waals surface area contributed by atoms with Crippen LogP contribution in [0.15, 0.2) is 36.5 Å². The van der Waals surface area contributed by atoms with Crippen molar-refractivity contribution in [2.75, 3.05) is 38.6 Å². The van der Waals surface area contributed by atoms with Crippen molar-refractivity contribution in [1.82, 2.24) is 24.4 Å². The molecule has 1 saturated heterocycles. The lowest BCUT2D eigenvalue weighted by Crippen LogP contribution is -2.53. The number of carbonyl (C=O) groups is 1. The quantitative estimate of drug-likeness (QED) is 0.325. The van der Waals surface area contributed by atoms with Crippen molar-refractivity contribution >= 4 is 17.4 Å². The molecule has 1 aliphatic heterocycles. The Hall–Kier alpha value is -3.92. The van der Waals surface area contributed by atoms with Crippen molar-refractivity contribution in [3.63, 3.8) is 0 Å². The molecule has 1 aliphatic carbocycles. The van der Waals surface area contributed by atoms with Crippen molar-refractivity contribution in [2.45, 2.75) is 45.7 Å². The van der Waals surface area contributed by atoms with Crippen LogP contribution >= 0.6 is 0 Å². The third-order valence-electron chi connectivity index (χ3n) is 8.28. The van der Waals surface area contributed by atoms with E-state index in [9.17, 15) is 18.0 Å². The van der Waals surface area contributed by atoms with E-state index in [1.54, 1.807) is 15.6 Å². The number of hydrogen-bond donors (Lipinski definition) is 0. The van der Waals surface area contributed by atoms with Gasteiger partial charge in [-0.15, -0.1) is 0 Å². The average molecular weight is 563 g/mol. The number of halogens is 3. The van der Waals surface area contributed by atoms with Crippen LogP contribution in [-0.2, 0) is 25.8 Å². The first-order valence-corrected chi connectivity index (χ1v) is 14.0. The lowest BCUT2D eigenvalue weighted by atomic mass is 9.87. The SMILES string of the molecule is CCc1ccc2c(c1)CCc1c-2nc2c(C(=O)N3CCN(Cc4cc(F)cc(F)c4F)C[C@H]3C)cnn2c1N(C)C. The van der Waals surface area contributed by atoms with Crippen LogP contribution in [0.25, 0.3) is 16.9 Å². The van der Waals surface area contributed by atoms with Crippen LogP contribution in [-0.4, -0.2) is 70.1 Å². The minimum Gasteiger partial charge on any atom is -0.362 e. The van der Waals surface area contributed by atoms with Crippen LogP contribution in [0.3, 0.4) is 0 Å². The molecule has 214 valence electrons. The molecular formula is C31H33F3N6O. The zero-order valence-electron chi connectivity index (χ0n) is 23.7. The van der Waals surface area contributed by atoms with Crippen molar-refractivity contribution in [1.29, 1.82) is 0 Å². The van der Waals surface area contributed by atoms with E-state index in [1.807, 2.05) is 30.8 Å². The summed E-state index contributed by atoms with van der Waals surface area (Å²) in [5, 5.41) is 4.61. The number of nitrogens with zero attached hydrogens (tertiary/aromatic N) is 6. The van der Waals surface area contributed by atoms with Gasteiger partial charge in [0.15, 0.2) is 17.3 Å². The van der Waals surface area contributed by atoms with E-state index in [-0.39, 0.29) is 24.1 Å². The molecule has 2 aliphatic rings. The molecule has 0 saturated carbocycles. The van der Waals surface area contributed by atoms with Gasteiger partial charge in [-0.2, -0.15) is 9.61 Å². The highest BCUT2D eigenvalue weighted by molar-refractivity contribution is 6.00. The Morgan fingerprint density at radius 1 is 1.10 bits per heavy atom. The van der Waals surface area contributed by atoms with Gasteiger partial charge >= 0.3 is 0 Å². The van der Waals surface area contributed by atoms with Gasteiger partial charge in [0.05, 0.1) is 11.9 Å². The molecule has 0 N–H and O–H groups in total. The van der Waals surface area contributed by atoms with E-state index in [1.165, 1.54) is 11.1 Å². The molecule has 1 atom stereocenters. The first-order chi connectivity index (χ1) is 19.7. The van der Waals surface area contributed by atoms with Gasteiger partial charge in [-0.3, -0.25) is 9.69 Å². The molecular weight excluding hydrogens is 529 g/mol. The third-order valence-corrected chi connectivity index (χ3v) is 8.28. The van der Waals surface area contributed by atoms with E-state index < -0.39 is 17.5 Å². The molecule has 6 rings (SSSR count). The smallest absolute Gasteiger partial charge is 0.259 e. The number of aryl methyl sites for hydroxylation is 2. The van der Waals surface area contributed by atoms with Crippen molar-refractivity contribution in [3.05, 3.63) is 81.8 Å². The highest BCUT2D eigenvalue weighted by atomic mass is 19.2. The summed E-state index contributed by atoms with van der Waals surface area (Å²) < 4.78 is 43.4. The second-order valence-corrected chi connectivity index (χ2v) is 11.2. The fourth-order valence-electron chi connectivity index (χ4n) is 6.24. The highest BCUT2D eigenvalue weighted by Crippen LogP contribution is 2.38. The maximum atomic E-state index is 14.3. The van der Waals surface area contributed by atoms with Gasteiger partial charge in [-0.05, 0) is 43.4 Å². The molecule has 0 unspecified atom stereocenters. The fraction of sp³-hybridized carbons (Fsp3) is 0.387. The fourth-order valence-corrected chi connectivity index (χ4v) is 6.24. The first-order valence-electron chi connectivity index (χ1n) is 14.0. The molecule has 10 heteroatoms. The number of fused-ring (bicyclic) bond motifs is 4. The summed E-state index contributed by atoms with van der Waals surface area (Å²) in [4.78, 5) is 24.7. The molecule has 1 fully saturated rings. The van der Waals surface area contributed by atoms with E-state index in [2.05, 4.69) is 30.2 Å². The molecule has 7 nitrogen and oxygen atoms in total. The van der Waals surface area contributed by atoms with E-state index >= 15 is 0 Å². The molecule has 2 aromatic carbocycles. The molecule has 1 amide bonds. The summed E-state index contributed by atoms with van der Waals surface area (Å²) in [6, 6.07) is 7.89. The number of benzene rings is 2. The Morgan fingerprint density at radius 3 is 2.63 bits per heavy atom. The van der Waals surface area contributed by atoms with Crippen LogP contribution in [0.5, 0.6) is 0 Å². The Bertz CT molecular complexity index is 1670. The lowest BCUT2D eigenvalue weighted by molar-refractivity contribution is 0.0474. The van der Waals surface area contributed by atoms with Gasteiger partial charge < -0.3 is 9.80 Å². The number of hydrogen-bond acceptors (Lipinski definition) is 5. The van der Waals surface area contributed by atoms with Gasteiger partial charge in [-0.1, -0.05) is 25.1 Å². The number of rotatable bonds is 5. The van der Waals surface area contributed by atoms with Gasteiger partial charge in [0, 0.05) is 69.1 Å². The normalized spacial score (nSPS) is 17.0. The second-order valence-electron chi connectivity index (χ2n) is 11.2. The Kier molecular flexibility index (Phi) is 6.97. The van der Waals surface area contributed by atoms with Crippen LogP contribution in [0.2, 0.25) is 0 Å². The number of carbonyl (C=O) groups excluding carboxylic acids is 1. The second kappa shape index (κ2) is 10.5. The maximum absolute atomic E-state index is 14.3. The predicted octanol–water partition coefficient (Wildman–Crippen LogP) is 4.89. The largest absolute Gasteiger partial charge is 0.362 e. The maximum Gasteiger partial charge on any atom is 0.259 e. The summed E-state index contributed by atoms with van der Waals surface area (Å²) >= 11 is 0. The minimum absolute atomic E-state index is 0.0337. The predicted molar refractivity (Wildman–Crippen MR) is 152 cm³/mol. The van der Waals surface area contributed by atoms with Crippen molar-refractivity contribution in [2.24, 2.45) is 0 Å². The lowest BCUT2D eigenvalue weighted by Gasteiger charge is -2.39. The molecule has 2 aromatic heterocycles. The molecule has 3 heterocycles. The Labute approximate surface area is 237 Å². The Balaban J connectivity index is 1.31. The standard InChI is InChI=1S/C31H33F3N6O/c1-5-19-6-8-23-20(12-19)7-9-24-28(23)36-29-25(15-35-40(29)30(24)37(3)4)31(41)39-11-10-38(16-18(39)2)17-21-13-22(32)14-26(33)27(21)34/h6,8,12-15,18H,5,7,9-11,16-17H2,1-4H3/t18-/m1/s1. The summed E-state index contributed by atoms with van der Waals surface area (Å²) in [6.07, 6.45) is 4.32. The average Bonchev–Trinajstić information content (AvgIpc) is 3.37. The van der Waals surface area contributed by atoms with E-state index in [4.69, 9.17) is 4.98 Å². The number of amides is 1. The zero-order valence-corrected chi connectivity index (χ0v) is 23.7. The monoisotopic (exact) mass is 562 g/mol. The Morgan fingerprint density at radius 2 is 1.90 bits per heavy atom. The molecule has 0 bridgehead atoms. The highest BCUT2D eigenvalue weighted by Gasteiger charge is 2.32. The van der Waals surface area contributed by atoms with Gasteiger partial charge in [-0.25, -0.2) is 18.2 Å². The van der Waals surface area contributed by atoms with Crippen LogP contribution < -0.4 is 4.90 Å². The van der Waals surface area contributed by atoms with E-state index in [0.29, 0.717) is 36.9 Å². The van der Waals surface area contributed by atoms with Gasteiger partial charge in [0.2, 0.25) is 0 Å². The number of anilines is 1. The minimum atomic E-state index is -1.20. The molecule has 41 heavy (non-hydrogen) atoms. The van der Waals surface area contributed by atoms with Crippen molar-refractivity contribution < 1.29 is 18.0 Å². The van der Waals surface area contributed by atoms with Crippen LogP contribution in [0.4, 0.5) is 19.0 Å². The molecule has 0 radical (unpaired) electrons.